The molecule has 2 aromatic rings. The third-order valence-electron chi connectivity index (χ3n) is 2.82. The zero-order valence-corrected chi connectivity index (χ0v) is 13.0. The van der Waals surface area contributed by atoms with E-state index >= 15 is 0 Å². The second kappa shape index (κ2) is 6.74. The maximum atomic E-state index is 12.1. The van der Waals surface area contributed by atoms with Gasteiger partial charge in [-0.1, -0.05) is 17.7 Å². The summed E-state index contributed by atoms with van der Waals surface area (Å²) >= 11 is 5.77. The van der Waals surface area contributed by atoms with Gasteiger partial charge in [0.15, 0.2) is 0 Å². The number of nitrogens with one attached hydrogen (secondary N) is 1. The van der Waals surface area contributed by atoms with E-state index in [-0.39, 0.29) is 11.7 Å². The molecular weight excluding hydrogens is 308 g/mol. The first-order valence-electron chi connectivity index (χ1n) is 6.25. The lowest BCUT2D eigenvalue weighted by molar-refractivity contribution is -0.113. The number of rotatable bonds is 4. The second-order valence-corrected chi connectivity index (χ2v) is 6.47. The molecule has 0 aliphatic rings. The van der Waals surface area contributed by atoms with Crippen LogP contribution in [0.4, 0.5) is 11.4 Å². The number of carbonyl (C=O) groups is 1. The second-order valence-electron chi connectivity index (χ2n) is 4.58. The number of benzene rings is 2. The molecule has 21 heavy (non-hydrogen) atoms. The van der Waals surface area contributed by atoms with E-state index in [2.05, 4.69) is 5.32 Å². The maximum Gasteiger partial charge on any atom is 0.237 e. The molecule has 0 fully saturated rings. The highest BCUT2D eigenvalue weighted by Gasteiger charge is 2.11. The van der Waals surface area contributed by atoms with Crippen LogP contribution in [0, 0.1) is 6.92 Å². The highest BCUT2D eigenvalue weighted by Crippen LogP contribution is 2.19. The number of nitrogen functional groups attached to an aromatic ring is 1. The first kappa shape index (κ1) is 15.5. The van der Waals surface area contributed by atoms with Gasteiger partial charge in [-0.2, -0.15) is 0 Å². The molecule has 3 N–H and O–H groups in total. The summed E-state index contributed by atoms with van der Waals surface area (Å²) in [7, 11) is -1.42. The Hall–Kier alpha value is -1.85. The first-order chi connectivity index (χ1) is 9.95. The predicted octanol–water partition coefficient (Wildman–Crippen LogP) is 2.98. The minimum absolute atomic E-state index is 0.130. The lowest BCUT2D eigenvalue weighted by atomic mass is 10.2. The third-order valence-corrected chi connectivity index (χ3v) is 4.39. The lowest BCUT2D eigenvalue weighted by Gasteiger charge is -2.09. The van der Waals surface area contributed by atoms with Gasteiger partial charge in [0.1, 0.15) is 5.75 Å². The maximum absolute atomic E-state index is 12.1. The van der Waals surface area contributed by atoms with Crippen molar-refractivity contribution < 1.29 is 9.00 Å². The minimum atomic E-state index is -1.42. The fraction of sp³-hybridized carbons (Fsp3) is 0.133. The Bertz CT molecular complexity index is 687. The molecule has 1 amide bonds. The van der Waals surface area contributed by atoms with E-state index < -0.39 is 10.8 Å². The third kappa shape index (κ3) is 4.31. The fourth-order valence-corrected chi connectivity index (χ4v) is 2.81. The van der Waals surface area contributed by atoms with E-state index in [4.69, 9.17) is 17.3 Å². The number of halogens is 1. The van der Waals surface area contributed by atoms with Gasteiger partial charge in [-0.3, -0.25) is 9.00 Å². The van der Waals surface area contributed by atoms with Crippen LogP contribution in [-0.4, -0.2) is 15.9 Å². The Morgan fingerprint density at radius 1 is 1.24 bits per heavy atom. The molecule has 1 atom stereocenters. The molecule has 0 saturated carbocycles. The van der Waals surface area contributed by atoms with Crippen LogP contribution in [0.25, 0.3) is 0 Å². The molecule has 0 aliphatic carbocycles. The largest absolute Gasteiger partial charge is 0.397 e. The van der Waals surface area contributed by atoms with E-state index in [1.165, 1.54) is 0 Å². The Kier molecular flexibility index (Phi) is 4.98. The van der Waals surface area contributed by atoms with E-state index in [0.29, 0.717) is 21.3 Å². The molecule has 6 heteroatoms. The average molecular weight is 323 g/mol. The molecule has 1 unspecified atom stereocenters. The van der Waals surface area contributed by atoms with E-state index in [0.717, 1.165) is 5.56 Å². The Labute approximate surface area is 130 Å². The van der Waals surface area contributed by atoms with Crippen LogP contribution in [0.15, 0.2) is 47.4 Å². The number of hydrogen-bond donors (Lipinski definition) is 2. The summed E-state index contributed by atoms with van der Waals surface area (Å²) in [6, 6.07) is 11.9. The molecule has 0 aromatic heterocycles. The smallest absolute Gasteiger partial charge is 0.237 e. The number of anilines is 2. The van der Waals surface area contributed by atoms with Crippen molar-refractivity contribution in [3.05, 3.63) is 53.1 Å². The van der Waals surface area contributed by atoms with Crippen LogP contribution in [0.5, 0.6) is 0 Å². The molecule has 0 aliphatic heterocycles. The lowest BCUT2D eigenvalue weighted by Crippen LogP contribution is -2.20. The molecule has 2 aromatic carbocycles. The van der Waals surface area contributed by atoms with Gasteiger partial charge in [0.25, 0.3) is 0 Å². The predicted molar refractivity (Wildman–Crippen MR) is 86.9 cm³/mol. The standard InChI is InChI=1S/C15H15ClN2O2S/c1-10-2-7-14(13(17)8-10)18-15(19)9-21(20)12-5-3-11(16)4-6-12/h2-8H,9,17H2,1H3,(H,18,19). The van der Waals surface area contributed by atoms with Crippen molar-refractivity contribution in [1.82, 2.24) is 0 Å². The number of hydrogen-bond acceptors (Lipinski definition) is 3. The molecular formula is C15H15ClN2O2S. The van der Waals surface area contributed by atoms with Crippen LogP contribution in [0.3, 0.4) is 0 Å². The van der Waals surface area contributed by atoms with Crippen molar-refractivity contribution in [1.29, 1.82) is 0 Å². The monoisotopic (exact) mass is 322 g/mol. The molecule has 2 rings (SSSR count). The molecule has 0 saturated heterocycles. The highest BCUT2D eigenvalue weighted by atomic mass is 35.5. The summed E-state index contributed by atoms with van der Waals surface area (Å²) in [5, 5.41) is 3.23. The van der Waals surface area contributed by atoms with Gasteiger partial charge < -0.3 is 11.1 Å². The van der Waals surface area contributed by atoms with Crippen molar-refractivity contribution in [3.8, 4) is 0 Å². The Balaban J connectivity index is 2.01. The van der Waals surface area contributed by atoms with Crippen molar-refractivity contribution in [2.45, 2.75) is 11.8 Å². The SMILES string of the molecule is Cc1ccc(NC(=O)CS(=O)c2ccc(Cl)cc2)c(N)c1. The van der Waals surface area contributed by atoms with Crippen LogP contribution in [-0.2, 0) is 15.6 Å². The summed E-state index contributed by atoms with van der Waals surface area (Å²) in [5.74, 6) is -0.478. The molecule has 4 nitrogen and oxygen atoms in total. The van der Waals surface area contributed by atoms with Crippen LogP contribution < -0.4 is 11.1 Å². The number of nitrogens with two attached hydrogens (primary N) is 1. The molecule has 110 valence electrons. The normalized spacial score (nSPS) is 11.9. The Morgan fingerprint density at radius 2 is 1.90 bits per heavy atom. The fourth-order valence-electron chi connectivity index (χ4n) is 1.77. The summed E-state index contributed by atoms with van der Waals surface area (Å²) < 4.78 is 12.1. The average Bonchev–Trinajstić information content (AvgIpc) is 2.42. The van der Waals surface area contributed by atoms with Gasteiger partial charge in [-0.05, 0) is 48.9 Å². The molecule has 0 heterocycles. The minimum Gasteiger partial charge on any atom is -0.397 e. The van der Waals surface area contributed by atoms with Gasteiger partial charge in [-0.25, -0.2) is 0 Å². The van der Waals surface area contributed by atoms with Gasteiger partial charge in [-0.15, -0.1) is 0 Å². The topological polar surface area (TPSA) is 72.2 Å². The summed E-state index contributed by atoms with van der Waals surface area (Å²) in [4.78, 5) is 12.5. The number of amides is 1. The number of aryl methyl sites for hydroxylation is 1. The van der Waals surface area contributed by atoms with Crippen LogP contribution in [0.1, 0.15) is 5.56 Å². The molecule has 0 radical (unpaired) electrons. The van der Waals surface area contributed by atoms with E-state index in [9.17, 15) is 9.00 Å². The summed E-state index contributed by atoms with van der Waals surface area (Å²) in [5.41, 5.74) is 7.85. The zero-order chi connectivity index (χ0) is 15.4. The van der Waals surface area contributed by atoms with Gasteiger partial charge in [0.05, 0.1) is 22.2 Å². The van der Waals surface area contributed by atoms with Gasteiger partial charge >= 0.3 is 0 Å². The van der Waals surface area contributed by atoms with Crippen LogP contribution in [0.2, 0.25) is 5.02 Å². The van der Waals surface area contributed by atoms with E-state index in [1.54, 1.807) is 36.4 Å². The van der Waals surface area contributed by atoms with Gasteiger partial charge in [0, 0.05) is 9.92 Å². The molecule has 0 bridgehead atoms. The van der Waals surface area contributed by atoms with Crippen molar-refractivity contribution in [2.75, 3.05) is 16.8 Å². The molecule has 0 spiro atoms. The summed E-state index contributed by atoms with van der Waals surface area (Å²) in [6.45, 7) is 1.91. The Morgan fingerprint density at radius 3 is 2.52 bits per heavy atom. The van der Waals surface area contributed by atoms with Crippen molar-refractivity contribution in [3.63, 3.8) is 0 Å². The quantitative estimate of drug-likeness (QED) is 0.850. The summed E-state index contributed by atoms with van der Waals surface area (Å²) in [6.07, 6.45) is 0. The zero-order valence-electron chi connectivity index (χ0n) is 11.4. The van der Waals surface area contributed by atoms with Crippen LogP contribution >= 0.6 is 11.6 Å². The van der Waals surface area contributed by atoms with Crippen molar-refractivity contribution in [2.24, 2.45) is 0 Å². The first-order valence-corrected chi connectivity index (χ1v) is 7.95. The highest BCUT2D eigenvalue weighted by molar-refractivity contribution is 7.85. The van der Waals surface area contributed by atoms with Gasteiger partial charge in [0.2, 0.25) is 5.91 Å². The van der Waals surface area contributed by atoms with Crippen molar-refractivity contribution >= 4 is 39.7 Å². The van der Waals surface area contributed by atoms with E-state index in [1.807, 2.05) is 13.0 Å². The number of carbonyl (C=O) groups excluding carboxylic acids is 1.